The highest BCUT2D eigenvalue weighted by Gasteiger charge is 2.08. The molecule has 15 heavy (non-hydrogen) atoms. The minimum absolute atomic E-state index is 0.0592. The lowest BCUT2D eigenvalue weighted by molar-refractivity contribution is -0.116. The first-order valence-electron chi connectivity index (χ1n) is 4.40. The highest BCUT2D eigenvalue weighted by molar-refractivity contribution is 9.10. The number of ketones is 1. The number of esters is 1. The molecule has 0 fully saturated rings. The van der Waals surface area contributed by atoms with Crippen molar-refractivity contribution in [2.75, 3.05) is 7.11 Å². The Kier molecular flexibility index (Phi) is 4.03. The van der Waals surface area contributed by atoms with Gasteiger partial charge in [0.25, 0.3) is 0 Å². The van der Waals surface area contributed by atoms with Crippen LogP contribution in [0.25, 0.3) is 0 Å². The van der Waals surface area contributed by atoms with Gasteiger partial charge in [0.05, 0.1) is 12.7 Å². The second kappa shape index (κ2) is 5.07. The molecular formula is C11H11BrO3. The van der Waals surface area contributed by atoms with Crippen LogP contribution in [0.4, 0.5) is 0 Å². The number of methoxy groups -OCH3 is 1. The zero-order valence-corrected chi connectivity index (χ0v) is 10.1. The number of rotatable bonds is 3. The van der Waals surface area contributed by atoms with Crippen LogP contribution < -0.4 is 0 Å². The van der Waals surface area contributed by atoms with Gasteiger partial charge in [-0.1, -0.05) is 15.9 Å². The third kappa shape index (κ3) is 3.47. The molecule has 0 spiro atoms. The minimum atomic E-state index is -0.402. The summed E-state index contributed by atoms with van der Waals surface area (Å²) in [4.78, 5) is 22.2. The van der Waals surface area contributed by atoms with Crippen molar-refractivity contribution in [1.82, 2.24) is 0 Å². The average molecular weight is 271 g/mol. The molecule has 0 unspecified atom stereocenters. The lowest BCUT2D eigenvalue weighted by atomic mass is 10.1. The largest absolute Gasteiger partial charge is 0.465 e. The summed E-state index contributed by atoms with van der Waals surface area (Å²) in [6, 6.07) is 5.14. The number of carbonyl (C=O) groups is 2. The van der Waals surface area contributed by atoms with Gasteiger partial charge in [-0.2, -0.15) is 0 Å². The average Bonchev–Trinajstić information content (AvgIpc) is 2.14. The van der Waals surface area contributed by atoms with Gasteiger partial charge >= 0.3 is 5.97 Å². The maximum absolute atomic E-state index is 11.3. The normalized spacial score (nSPS) is 9.80. The Morgan fingerprint density at radius 2 is 2.00 bits per heavy atom. The fraction of sp³-hybridized carbons (Fsp3) is 0.273. The zero-order valence-electron chi connectivity index (χ0n) is 8.54. The Balaban J connectivity index is 3.04. The number of Topliss-reactive ketones (excluding diaryl/α,β-unsaturated/α-hetero) is 1. The number of benzene rings is 1. The quantitative estimate of drug-likeness (QED) is 0.793. The van der Waals surface area contributed by atoms with Gasteiger partial charge in [-0.25, -0.2) is 4.79 Å². The van der Waals surface area contributed by atoms with Crippen molar-refractivity contribution < 1.29 is 14.3 Å². The van der Waals surface area contributed by atoms with E-state index in [0.29, 0.717) is 12.0 Å². The van der Waals surface area contributed by atoms with Crippen LogP contribution in [0.5, 0.6) is 0 Å². The molecule has 0 atom stereocenters. The number of halogens is 1. The summed E-state index contributed by atoms with van der Waals surface area (Å²) in [5.74, 6) is -0.343. The van der Waals surface area contributed by atoms with Gasteiger partial charge in [-0.05, 0) is 30.7 Å². The lowest BCUT2D eigenvalue weighted by Crippen LogP contribution is -2.04. The van der Waals surface area contributed by atoms with Crippen LogP contribution in [0.2, 0.25) is 0 Å². The summed E-state index contributed by atoms with van der Waals surface area (Å²) in [5.41, 5.74) is 1.25. The first-order chi connectivity index (χ1) is 7.02. The molecule has 0 aliphatic rings. The first kappa shape index (κ1) is 11.9. The molecule has 0 N–H and O–H groups in total. The Morgan fingerprint density at radius 3 is 2.53 bits per heavy atom. The molecule has 3 nitrogen and oxygen atoms in total. The van der Waals surface area contributed by atoms with Crippen LogP contribution in [0.1, 0.15) is 22.8 Å². The molecule has 0 aliphatic heterocycles. The molecule has 1 aromatic carbocycles. The van der Waals surface area contributed by atoms with Gasteiger partial charge in [0.1, 0.15) is 5.78 Å². The zero-order chi connectivity index (χ0) is 11.4. The van der Waals surface area contributed by atoms with Crippen LogP contribution >= 0.6 is 15.9 Å². The van der Waals surface area contributed by atoms with Crippen LogP contribution in [-0.2, 0) is 16.0 Å². The number of hydrogen-bond acceptors (Lipinski definition) is 3. The molecule has 80 valence electrons. The number of hydrogen-bond donors (Lipinski definition) is 0. The summed E-state index contributed by atoms with van der Waals surface area (Å²) in [5, 5.41) is 0. The first-order valence-corrected chi connectivity index (χ1v) is 5.19. The molecule has 4 heteroatoms. The van der Waals surface area contributed by atoms with E-state index >= 15 is 0 Å². The van der Waals surface area contributed by atoms with Crippen LogP contribution in [0, 0.1) is 0 Å². The molecule has 0 aliphatic carbocycles. The topological polar surface area (TPSA) is 43.4 Å². The standard InChI is InChI=1S/C11H11BrO3/c1-7(13)3-8-4-9(11(14)15-2)6-10(12)5-8/h4-6H,3H2,1-2H3. The van der Waals surface area contributed by atoms with Crippen molar-refractivity contribution in [2.45, 2.75) is 13.3 Å². The van der Waals surface area contributed by atoms with Crippen molar-refractivity contribution in [3.8, 4) is 0 Å². The van der Waals surface area contributed by atoms with E-state index in [0.717, 1.165) is 10.0 Å². The predicted octanol–water partition coefficient (Wildman–Crippen LogP) is 2.37. The highest BCUT2D eigenvalue weighted by Crippen LogP contribution is 2.17. The van der Waals surface area contributed by atoms with E-state index in [9.17, 15) is 9.59 Å². The fourth-order valence-electron chi connectivity index (χ4n) is 1.28. The minimum Gasteiger partial charge on any atom is -0.465 e. The van der Waals surface area contributed by atoms with Crippen molar-refractivity contribution in [1.29, 1.82) is 0 Å². The maximum atomic E-state index is 11.3. The summed E-state index contributed by atoms with van der Waals surface area (Å²) >= 11 is 3.28. The monoisotopic (exact) mass is 270 g/mol. The summed E-state index contributed by atoms with van der Waals surface area (Å²) in [6.07, 6.45) is 0.323. The second-order valence-corrected chi connectivity index (χ2v) is 4.13. The molecule has 0 saturated heterocycles. The predicted molar refractivity (Wildman–Crippen MR) is 59.9 cm³/mol. The molecular weight excluding hydrogens is 260 g/mol. The molecule has 0 aromatic heterocycles. The second-order valence-electron chi connectivity index (χ2n) is 3.22. The highest BCUT2D eigenvalue weighted by atomic mass is 79.9. The van der Waals surface area contributed by atoms with Gasteiger partial charge in [-0.3, -0.25) is 4.79 Å². The summed E-state index contributed by atoms with van der Waals surface area (Å²) < 4.78 is 5.37. The fourth-order valence-corrected chi connectivity index (χ4v) is 1.82. The van der Waals surface area contributed by atoms with Gasteiger partial charge < -0.3 is 4.74 Å². The Bertz CT molecular complexity index is 399. The molecule has 0 heterocycles. The molecule has 0 amide bonds. The molecule has 1 aromatic rings. The molecule has 1 rings (SSSR count). The molecule has 0 radical (unpaired) electrons. The van der Waals surface area contributed by atoms with Crippen molar-refractivity contribution in [3.05, 3.63) is 33.8 Å². The summed E-state index contributed by atoms with van der Waals surface area (Å²) in [6.45, 7) is 1.51. The molecule has 0 saturated carbocycles. The van der Waals surface area contributed by atoms with E-state index < -0.39 is 5.97 Å². The van der Waals surface area contributed by atoms with E-state index in [-0.39, 0.29) is 5.78 Å². The van der Waals surface area contributed by atoms with E-state index in [1.807, 2.05) is 6.07 Å². The van der Waals surface area contributed by atoms with E-state index in [1.54, 1.807) is 12.1 Å². The van der Waals surface area contributed by atoms with Crippen molar-refractivity contribution in [3.63, 3.8) is 0 Å². The van der Waals surface area contributed by atoms with Gasteiger partial charge in [0.2, 0.25) is 0 Å². The van der Waals surface area contributed by atoms with Crippen molar-refractivity contribution >= 4 is 27.7 Å². The van der Waals surface area contributed by atoms with Gasteiger partial charge in [0.15, 0.2) is 0 Å². The van der Waals surface area contributed by atoms with E-state index in [2.05, 4.69) is 20.7 Å². The van der Waals surface area contributed by atoms with Gasteiger partial charge in [-0.15, -0.1) is 0 Å². The Hall–Kier alpha value is -1.16. The van der Waals surface area contributed by atoms with Crippen LogP contribution in [-0.4, -0.2) is 18.9 Å². The Morgan fingerprint density at radius 1 is 1.33 bits per heavy atom. The van der Waals surface area contributed by atoms with E-state index in [1.165, 1.54) is 14.0 Å². The number of carbonyl (C=O) groups excluding carboxylic acids is 2. The van der Waals surface area contributed by atoms with Crippen LogP contribution in [0.3, 0.4) is 0 Å². The third-order valence-corrected chi connectivity index (χ3v) is 2.29. The maximum Gasteiger partial charge on any atom is 0.337 e. The smallest absolute Gasteiger partial charge is 0.337 e. The van der Waals surface area contributed by atoms with Crippen molar-refractivity contribution in [2.24, 2.45) is 0 Å². The Labute approximate surface area is 96.6 Å². The summed E-state index contributed by atoms with van der Waals surface area (Å²) in [7, 11) is 1.33. The molecule has 0 bridgehead atoms. The number of ether oxygens (including phenoxy) is 1. The third-order valence-electron chi connectivity index (χ3n) is 1.83. The van der Waals surface area contributed by atoms with Crippen LogP contribution in [0.15, 0.2) is 22.7 Å². The lowest BCUT2D eigenvalue weighted by Gasteiger charge is -2.04. The van der Waals surface area contributed by atoms with Gasteiger partial charge in [0, 0.05) is 10.9 Å². The van der Waals surface area contributed by atoms with E-state index in [4.69, 9.17) is 0 Å². The SMILES string of the molecule is COC(=O)c1cc(Br)cc(CC(C)=O)c1.